The fourth-order valence-electron chi connectivity index (χ4n) is 13.3. The first kappa shape index (κ1) is 100.0. The molecule has 19 nitrogen and oxygen atoms in total. The molecule has 133 heavy (non-hydrogen) atoms. The molecule has 0 saturated heterocycles. The molecule has 1 amide bonds. The summed E-state index contributed by atoms with van der Waals surface area (Å²) < 4.78 is 53.1. The number of alkyl halides is 3. The number of amides is 1. The van der Waals surface area contributed by atoms with Crippen LogP contribution in [0.1, 0.15) is 81.2 Å². The van der Waals surface area contributed by atoms with Gasteiger partial charge in [0.25, 0.3) is 12.3 Å². The Morgan fingerprint density at radius 2 is 0.992 bits per heavy atom. The lowest BCUT2D eigenvalue weighted by Gasteiger charge is -2.15. The summed E-state index contributed by atoms with van der Waals surface area (Å²) in [6, 6.07) is 78.7. The molecule has 0 spiro atoms. The van der Waals surface area contributed by atoms with Crippen LogP contribution in [0.3, 0.4) is 0 Å². The van der Waals surface area contributed by atoms with Crippen LogP contribution >= 0.6 is 139 Å². The number of hydrogen-bond acceptors (Lipinski definition) is 15. The lowest BCUT2D eigenvalue weighted by atomic mass is 10.0. The second-order valence-corrected chi connectivity index (χ2v) is 35.1. The van der Waals surface area contributed by atoms with Crippen molar-refractivity contribution in [3.05, 3.63) is 378 Å². The summed E-state index contributed by atoms with van der Waals surface area (Å²) >= 11 is 60.7. The smallest absolute Gasteiger partial charge is 0.281 e. The van der Waals surface area contributed by atoms with E-state index in [4.69, 9.17) is 143 Å². The van der Waals surface area contributed by atoms with Crippen LogP contribution in [0, 0.1) is 15.5 Å². The summed E-state index contributed by atoms with van der Waals surface area (Å²) in [4.78, 5) is 58.2. The summed E-state index contributed by atoms with van der Waals surface area (Å²) in [6.45, 7) is 2.74. The zero-order valence-corrected chi connectivity index (χ0v) is 81.3. The number of rotatable bonds is 15. The Kier molecular flexibility index (Phi) is 35.0. The van der Waals surface area contributed by atoms with Crippen molar-refractivity contribution < 1.29 is 27.5 Å². The number of nitrogens with one attached hydrogen (secondary N) is 2. The molecule has 0 atom stereocenters. The minimum atomic E-state index is -2.97. The number of Topliss-reactive ketones (excluding diaryl/α,β-unsaturated/α-hetero) is 1. The van der Waals surface area contributed by atoms with Crippen molar-refractivity contribution in [3.63, 3.8) is 0 Å². The van der Waals surface area contributed by atoms with E-state index < -0.39 is 29.5 Å². The fourth-order valence-corrected chi connectivity index (χ4v) is 15.6. The van der Waals surface area contributed by atoms with Crippen molar-refractivity contribution in [2.45, 2.75) is 51.9 Å². The predicted octanol–water partition coefficient (Wildman–Crippen LogP) is 27.2. The van der Waals surface area contributed by atoms with E-state index in [2.05, 4.69) is 96.8 Å². The first-order valence-corrected chi connectivity index (χ1v) is 45.2. The van der Waals surface area contributed by atoms with Gasteiger partial charge in [0.2, 0.25) is 0 Å². The third kappa shape index (κ3) is 28.1. The molecular formula is C100H80Cl10F3IN16O3. The summed E-state index contributed by atoms with van der Waals surface area (Å²) in [6.07, 6.45) is 2.41. The van der Waals surface area contributed by atoms with E-state index in [1.807, 2.05) is 206 Å². The van der Waals surface area contributed by atoms with Crippen molar-refractivity contribution in [2.24, 2.45) is 21.1 Å². The molecule has 17 aromatic rings. The lowest BCUT2D eigenvalue weighted by Crippen LogP contribution is -2.38. The molecule has 0 unspecified atom stereocenters. The number of nitrogens with two attached hydrogens (primary N) is 3. The molecule has 33 heteroatoms. The Bertz CT molecular complexity index is 7140. The summed E-state index contributed by atoms with van der Waals surface area (Å²) in [5, 5.41) is 11.6. The predicted molar refractivity (Wildman–Crippen MR) is 546 cm³/mol. The number of methoxy groups -OCH3 is 1. The van der Waals surface area contributed by atoms with Crippen molar-refractivity contribution in [1.29, 1.82) is 0 Å². The van der Waals surface area contributed by atoms with Crippen molar-refractivity contribution in [3.8, 4) is 51.4 Å². The van der Waals surface area contributed by atoms with E-state index in [1.54, 1.807) is 73.8 Å². The number of nitrogens with zero attached hydrogens (tertiary/aromatic N) is 11. The highest BCUT2D eigenvalue weighted by atomic mass is 127. The number of aromatic nitrogens is 11. The van der Waals surface area contributed by atoms with E-state index in [1.165, 1.54) is 29.0 Å². The minimum absolute atomic E-state index is 0.163. The Morgan fingerprint density at radius 3 is 1.53 bits per heavy atom. The number of halogens is 14. The van der Waals surface area contributed by atoms with Crippen LogP contribution < -0.4 is 32.6 Å². The maximum atomic E-state index is 13.8. The van der Waals surface area contributed by atoms with Gasteiger partial charge in [-0.1, -0.05) is 195 Å². The van der Waals surface area contributed by atoms with Gasteiger partial charge in [0.1, 0.15) is 52.4 Å². The number of ether oxygens (including phenoxy) is 1. The molecule has 18 rings (SSSR count). The van der Waals surface area contributed by atoms with Crippen LogP contribution in [0.25, 0.3) is 78.5 Å². The number of hydrogen-bond donors (Lipinski definition) is 5. The molecule has 0 fully saturated rings. The fraction of sp³-hybridized carbons (Fsp3) is 0.120. The molecule has 11 heterocycles. The highest BCUT2D eigenvalue weighted by molar-refractivity contribution is 14.1. The summed E-state index contributed by atoms with van der Waals surface area (Å²) in [5.74, 6) is 6.05. The number of allylic oxidation sites excluding steroid dienone is 1. The molecule has 1 aliphatic rings. The van der Waals surface area contributed by atoms with Crippen LogP contribution in [-0.2, 0) is 51.9 Å². The number of anilines is 4. The average Bonchev–Trinajstić information content (AvgIpc) is 1.64. The van der Waals surface area contributed by atoms with Crippen LogP contribution in [0.5, 0.6) is 5.75 Å². The molecule has 0 bridgehead atoms. The third-order valence-electron chi connectivity index (χ3n) is 20.0. The second-order valence-electron chi connectivity index (χ2n) is 30.0. The molecule has 8 N–H and O–H groups in total. The van der Waals surface area contributed by atoms with Crippen LogP contribution in [0.4, 0.5) is 36.1 Å². The zero-order valence-electron chi connectivity index (χ0n) is 71.6. The van der Waals surface area contributed by atoms with E-state index >= 15 is 0 Å². The highest BCUT2D eigenvalue weighted by Gasteiger charge is 2.28. The summed E-state index contributed by atoms with van der Waals surface area (Å²) in [7, 11) is 7.61. The normalized spacial score (nSPS) is 11.1. The van der Waals surface area contributed by atoms with Gasteiger partial charge >= 0.3 is 0 Å². The molecule has 676 valence electrons. The van der Waals surface area contributed by atoms with Gasteiger partial charge in [-0.2, -0.15) is 0 Å². The third-order valence-corrected chi connectivity index (χ3v) is 23.1. The zero-order chi connectivity index (χ0) is 95.3. The average molecular weight is 2090 g/mol. The molecule has 1 aliphatic carbocycles. The number of pyridine rings is 8. The molecule has 6 aromatic carbocycles. The second kappa shape index (κ2) is 46.6. The standard InChI is InChI=1S/C27H24ClF3N4O2.C22H20ClN3O.C14H10Cl2N2.C14H9Cl2N.C13H8Cl2N2.C5H4ClIN2.C5H5ClN2/c1-27(2,31)26(37)33-14-15-9-19(24(25(29)30)32-13-15)23(36)11-18-7-8-21-20(34-18)12-22(35(21)3)16-5-4-6-17(28)10-16;1-26-20-10-11-22(24-14-15-6-8-18(27-2)9-7-15)25-19(20)13-21(26)16-4-3-5-17(23)12-16;1-18-12-5-6-14(16)17-11(12)8-13(18)9-3-2-4-10(15)7-9;15-12-3-1-2-9(7-12)11-6-10-4-5-14(16)17-13(10)8-11;14-10-3-1-2-9(8-10)4-6-12-11(16)5-7-13(15)17-12;6-4-2-1-3(8)5(7)9-4;6-5-2-1-4(7)3-8-5/h4-10,12-13,25H,11,14H2,1-3H3,(H,33,37);3-13H,14H2,1-2H3,(H,24,25);2-8H,1H3;1-5,7-8H,6H2;1-3,5,7-8H,16H2;1-2H,8H2;1-3H,7H2. The minimum Gasteiger partial charge on any atom is -0.497 e. The van der Waals surface area contributed by atoms with Crippen molar-refractivity contribution in [2.75, 3.05) is 29.6 Å². The van der Waals surface area contributed by atoms with Gasteiger partial charge < -0.3 is 46.3 Å². The van der Waals surface area contributed by atoms with E-state index in [0.717, 1.165) is 135 Å². The monoisotopic (exact) mass is 2090 g/mol. The number of fused-ring (bicyclic) bond motifs is 4. The number of carbonyl (C=O) groups is 2. The van der Waals surface area contributed by atoms with Crippen molar-refractivity contribution in [1.82, 2.24) is 58.9 Å². The van der Waals surface area contributed by atoms with E-state index in [9.17, 15) is 22.8 Å². The van der Waals surface area contributed by atoms with E-state index in [0.29, 0.717) is 81.9 Å². The van der Waals surface area contributed by atoms with Gasteiger partial charge in [-0.05, 0) is 275 Å². The van der Waals surface area contributed by atoms with Gasteiger partial charge in [-0.25, -0.2) is 43.1 Å². The number of carbonyl (C=O) groups excluding carboxylic acids is 2. The van der Waals surface area contributed by atoms with Gasteiger partial charge in [0.15, 0.2) is 11.5 Å². The molecule has 11 aromatic heterocycles. The maximum absolute atomic E-state index is 13.8. The van der Waals surface area contributed by atoms with Gasteiger partial charge in [0, 0.05) is 88.8 Å². The number of benzene rings is 6. The quantitative estimate of drug-likeness (QED) is 0.0276. The number of aryl methyl sites for hydroxylation is 3. The summed E-state index contributed by atoms with van der Waals surface area (Å²) in [5.41, 5.74) is 34.5. The van der Waals surface area contributed by atoms with Gasteiger partial charge in [-0.3, -0.25) is 19.6 Å². The van der Waals surface area contributed by atoms with Crippen LogP contribution in [0.2, 0.25) is 50.9 Å². The largest absolute Gasteiger partial charge is 0.497 e. The number of nitrogen functional groups attached to an aromatic ring is 3. The van der Waals surface area contributed by atoms with E-state index in [-0.39, 0.29) is 18.5 Å². The lowest BCUT2D eigenvalue weighted by molar-refractivity contribution is -0.130. The number of ketones is 1. The Morgan fingerprint density at radius 1 is 0.496 bits per heavy atom. The highest BCUT2D eigenvalue weighted by Crippen LogP contribution is 2.36. The van der Waals surface area contributed by atoms with Gasteiger partial charge in [0.05, 0.1) is 92.7 Å². The first-order chi connectivity index (χ1) is 63.6. The SMILES string of the molecule is COc1ccc(CNc2ccc3c(cc(-c4cccc(Cl)c4)n3C)n2)cc1.Clc1cccc(C2=Cc3nc(Cl)ccc3C2)c1.Cn1c(-c2cccc(Cl)c2)cc2nc(CC(=O)c3cc(CNC(=O)C(C)(C)F)cnc3C(F)F)ccc21.Cn1c(-c2cccc(Cl)c2)cc2nc(Cl)ccc21.Nc1ccc(Cl)nc1.Nc1ccc(Cl)nc1C#Cc1cccc(Cl)c1.Nc1ccc(Cl)nc1I. The first-order valence-electron chi connectivity index (χ1n) is 40.3. The Balaban J connectivity index is 0.000000147. The van der Waals surface area contributed by atoms with Crippen LogP contribution in [-0.4, -0.2) is 78.0 Å². The topological polar surface area (TPSA) is 263 Å². The Hall–Kier alpha value is -12.0. The Labute approximate surface area is 828 Å². The maximum Gasteiger partial charge on any atom is 0.281 e. The molecule has 0 radical (unpaired) electrons. The van der Waals surface area contributed by atoms with Gasteiger partial charge in [-0.15, -0.1) is 0 Å². The van der Waals surface area contributed by atoms with Crippen LogP contribution in [0.15, 0.2) is 267 Å². The molecule has 0 saturated carbocycles. The van der Waals surface area contributed by atoms with Crippen molar-refractivity contribution >= 4 is 218 Å². The molecular weight excluding hydrogens is 2010 g/mol. The molecule has 0 aliphatic heterocycles.